The molecule has 3 aromatic rings. The Bertz CT molecular complexity index is 1000. The second kappa shape index (κ2) is 11.4. The number of thioether (sulfide) groups is 1. The van der Waals surface area contributed by atoms with Gasteiger partial charge in [-0.3, -0.25) is 9.59 Å². The van der Waals surface area contributed by atoms with E-state index in [1.54, 1.807) is 0 Å². The number of carbonyl (C=O) groups is 2. The van der Waals surface area contributed by atoms with E-state index in [9.17, 15) is 9.59 Å². The van der Waals surface area contributed by atoms with Crippen LogP contribution in [0.25, 0.3) is 0 Å². The van der Waals surface area contributed by atoms with Gasteiger partial charge in [0.1, 0.15) is 5.25 Å². The minimum absolute atomic E-state index is 0.0297. The Labute approximate surface area is 188 Å². The summed E-state index contributed by atoms with van der Waals surface area (Å²) in [5.41, 5.74) is 3.55. The van der Waals surface area contributed by atoms with Gasteiger partial charge in [0.15, 0.2) is 0 Å². The van der Waals surface area contributed by atoms with Gasteiger partial charge in [0.25, 0.3) is 0 Å². The maximum atomic E-state index is 13.2. The van der Waals surface area contributed by atoms with E-state index >= 15 is 0 Å². The van der Waals surface area contributed by atoms with Gasteiger partial charge in [0.2, 0.25) is 11.8 Å². The average molecular weight is 433 g/mol. The zero-order valence-electron chi connectivity index (χ0n) is 17.9. The van der Waals surface area contributed by atoms with Crippen LogP contribution in [0.1, 0.15) is 42.6 Å². The first-order valence-electron chi connectivity index (χ1n) is 10.5. The fourth-order valence-corrected chi connectivity index (χ4v) is 4.15. The zero-order chi connectivity index (χ0) is 22.1. The van der Waals surface area contributed by atoms with Gasteiger partial charge in [-0.2, -0.15) is 0 Å². The van der Waals surface area contributed by atoms with Crippen molar-refractivity contribution in [1.82, 2.24) is 0 Å². The average Bonchev–Trinajstić information content (AvgIpc) is 2.79. The predicted molar refractivity (Wildman–Crippen MR) is 129 cm³/mol. The topological polar surface area (TPSA) is 58.2 Å². The molecule has 0 aliphatic rings. The van der Waals surface area contributed by atoms with Gasteiger partial charge in [-0.25, -0.2) is 0 Å². The highest BCUT2D eigenvalue weighted by atomic mass is 32.2. The SMILES string of the molecule is CCCCC(=O)Nc1ccc(SC(C(=O)Nc2ccccc2C)c2ccccc2)cc1. The van der Waals surface area contributed by atoms with Gasteiger partial charge >= 0.3 is 0 Å². The number of benzene rings is 3. The van der Waals surface area contributed by atoms with E-state index in [1.165, 1.54) is 11.8 Å². The summed E-state index contributed by atoms with van der Waals surface area (Å²) in [6.07, 6.45) is 2.41. The fraction of sp³-hybridized carbons (Fsp3) is 0.231. The number of nitrogens with one attached hydrogen (secondary N) is 2. The number of hydrogen-bond acceptors (Lipinski definition) is 3. The Morgan fingerprint density at radius 2 is 1.55 bits per heavy atom. The summed E-state index contributed by atoms with van der Waals surface area (Å²) in [5, 5.41) is 5.60. The zero-order valence-corrected chi connectivity index (χ0v) is 18.7. The Balaban J connectivity index is 1.74. The quantitative estimate of drug-likeness (QED) is 0.375. The molecule has 0 heterocycles. The van der Waals surface area contributed by atoms with Crippen LogP contribution >= 0.6 is 11.8 Å². The molecule has 0 aromatic heterocycles. The number of para-hydroxylation sites is 1. The van der Waals surface area contributed by atoms with Crippen LogP contribution in [0.4, 0.5) is 11.4 Å². The Morgan fingerprint density at radius 1 is 0.871 bits per heavy atom. The summed E-state index contributed by atoms with van der Waals surface area (Å²) >= 11 is 1.49. The molecule has 0 aliphatic carbocycles. The second-order valence-electron chi connectivity index (χ2n) is 7.39. The number of aryl methyl sites for hydroxylation is 1. The number of amides is 2. The number of unbranched alkanes of at least 4 members (excludes halogenated alkanes) is 1. The van der Waals surface area contributed by atoms with Crippen molar-refractivity contribution in [3.8, 4) is 0 Å². The van der Waals surface area contributed by atoms with E-state index in [2.05, 4.69) is 17.6 Å². The number of carbonyl (C=O) groups excluding carboxylic acids is 2. The summed E-state index contributed by atoms with van der Waals surface area (Å²) < 4.78 is 0. The molecule has 0 bridgehead atoms. The molecule has 1 atom stereocenters. The lowest BCUT2D eigenvalue weighted by Crippen LogP contribution is -2.19. The predicted octanol–water partition coefficient (Wildman–Crippen LogP) is 6.60. The monoisotopic (exact) mass is 432 g/mol. The van der Waals surface area contributed by atoms with Crippen molar-refractivity contribution in [3.63, 3.8) is 0 Å². The van der Waals surface area contributed by atoms with Crippen LogP contribution in [0.3, 0.4) is 0 Å². The smallest absolute Gasteiger partial charge is 0.242 e. The molecule has 2 amide bonds. The van der Waals surface area contributed by atoms with Crippen molar-refractivity contribution in [2.45, 2.75) is 43.3 Å². The van der Waals surface area contributed by atoms with Crippen molar-refractivity contribution in [2.24, 2.45) is 0 Å². The Kier molecular flexibility index (Phi) is 8.30. The van der Waals surface area contributed by atoms with Gasteiger partial charge < -0.3 is 10.6 Å². The van der Waals surface area contributed by atoms with Gasteiger partial charge in [-0.15, -0.1) is 11.8 Å². The standard InChI is InChI=1S/C26H28N2O2S/c1-3-4-14-24(29)27-21-15-17-22(18-16-21)31-25(20-11-6-5-7-12-20)26(30)28-23-13-9-8-10-19(23)2/h5-13,15-18,25H,3-4,14H2,1-2H3,(H,27,29)(H,28,30). The normalized spacial score (nSPS) is 11.5. The van der Waals surface area contributed by atoms with Gasteiger partial charge in [0.05, 0.1) is 0 Å². The van der Waals surface area contributed by atoms with Crippen molar-refractivity contribution in [2.75, 3.05) is 10.6 Å². The third-order valence-electron chi connectivity index (χ3n) is 4.89. The van der Waals surface area contributed by atoms with E-state index in [0.29, 0.717) is 6.42 Å². The molecule has 160 valence electrons. The highest BCUT2D eigenvalue weighted by Gasteiger charge is 2.22. The van der Waals surface area contributed by atoms with Crippen LogP contribution in [-0.2, 0) is 9.59 Å². The molecular weight excluding hydrogens is 404 g/mol. The largest absolute Gasteiger partial charge is 0.326 e. The minimum Gasteiger partial charge on any atom is -0.326 e. The third-order valence-corrected chi connectivity index (χ3v) is 6.16. The number of anilines is 2. The molecule has 0 aliphatic heterocycles. The van der Waals surface area contributed by atoms with Gasteiger partial charge in [0, 0.05) is 22.7 Å². The molecular formula is C26H28N2O2S. The first-order chi connectivity index (χ1) is 15.1. The summed E-state index contributed by atoms with van der Waals surface area (Å²) in [7, 11) is 0. The lowest BCUT2D eigenvalue weighted by molar-refractivity contribution is -0.116. The van der Waals surface area contributed by atoms with Crippen molar-refractivity contribution >= 4 is 35.0 Å². The highest BCUT2D eigenvalue weighted by Crippen LogP contribution is 2.37. The second-order valence-corrected chi connectivity index (χ2v) is 8.57. The lowest BCUT2D eigenvalue weighted by Gasteiger charge is -2.18. The van der Waals surface area contributed by atoms with Crippen LogP contribution in [0.5, 0.6) is 0 Å². The third kappa shape index (κ3) is 6.72. The number of rotatable bonds is 9. The maximum absolute atomic E-state index is 13.2. The molecule has 0 saturated heterocycles. The van der Waals surface area contributed by atoms with Gasteiger partial charge in [-0.05, 0) is 54.8 Å². The van der Waals surface area contributed by atoms with Gasteiger partial charge in [-0.1, -0.05) is 61.9 Å². The van der Waals surface area contributed by atoms with E-state index in [-0.39, 0.29) is 11.8 Å². The van der Waals surface area contributed by atoms with Crippen LogP contribution < -0.4 is 10.6 Å². The highest BCUT2D eigenvalue weighted by molar-refractivity contribution is 8.00. The van der Waals surface area contributed by atoms with E-state index in [1.807, 2.05) is 85.8 Å². The molecule has 3 rings (SSSR count). The molecule has 0 radical (unpaired) electrons. The first-order valence-corrected chi connectivity index (χ1v) is 11.4. The molecule has 3 aromatic carbocycles. The number of hydrogen-bond donors (Lipinski definition) is 2. The molecule has 2 N–H and O–H groups in total. The fourth-order valence-electron chi connectivity index (χ4n) is 3.13. The first kappa shape index (κ1) is 22.6. The van der Waals surface area contributed by atoms with Crippen LogP contribution in [0.15, 0.2) is 83.8 Å². The molecule has 1 unspecified atom stereocenters. The molecule has 31 heavy (non-hydrogen) atoms. The minimum atomic E-state index is -0.397. The Hall–Kier alpha value is -3.05. The lowest BCUT2D eigenvalue weighted by atomic mass is 10.1. The summed E-state index contributed by atoms with van der Waals surface area (Å²) in [4.78, 5) is 26.1. The maximum Gasteiger partial charge on any atom is 0.242 e. The van der Waals surface area contributed by atoms with Crippen LogP contribution in [0.2, 0.25) is 0 Å². The van der Waals surface area contributed by atoms with Crippen LogP contribution in [-0.4, -0.2) is 11.8 Å². The van der Waals surface area contributed by atoms with Crippen LogP contribution in [0, 0.1) is 6.92 Å². The summed E-state index contributed by atoms with van der Waals surface area (Å²) in [5.74, 6) is -0.0375. The van der Waals surface area contributed by atoms with Crippen molar-refractivity contribution < 1.29 is 9.59 Å². The van der Waals surface area contributed by atoms with E-state index in [4.69, 9.17) is 0 Å². The Morgan fingerprint density at radius 3 is 2.23 bits per heavy atom. The van der Waals surface area contributed by atoms with Crippen molar-refractivity contribution in [3.05, 3.63) is 90.0 Å². The van der Waals surface area contributed by atoms with E-state index < -0.39 is 5.25 Å². The molecule has 0 spiro atoms. The van der Waals surface area contributed by atoms with Crippen molar-refractivity contribution in [1.29, 1.82) is 0 Å². The molecule has 0 fully saturated rings. The molecule has 0 saturated carbocycles. The molecule has 4 nitrogen and oxygen atoms in total. The summed E-state index contributed by atoms with van der Waals surface area (Å²) in [6, 6.07) is 25.2. The summed E-state index contributed by atoms with van der Waals surface area (Å²) in [6.45, 7) is 4.05. The van der Waals surface area contributed by atoms with E-state index in [0.717, 1.165) is 40.2 Å². The molecule has 5 heteroatoms.